The Morgan fingerprint density at radius 2 is 1.62 bits per heavy atom. The summed E-state index contributed by atoms with van der Waals surface area (Å²) in [5, 5.41) is 5.62. The van der Waals surface area contributed by atoms with Crippen LogP contribution >= 0.6 is 0 Å². The molecule has 0 amide bonds. The second-order valence-corrected chi connectivity index (χ2v) is 15.4. The van der Waals surface area contributed by atoms with Crippen LogP contribution in [0.15, 0.2) is 54.1 Å². The van der Waals surface area contributed by atoms with E-state index in [0.29, 0.717) is 0 Å². The van der Waals surface area contributed by atoms with Crippen molar-refractivity contribution >= 4 is 22.7 Å². The first-order chi connectivity index (χ1) is 14.2. The first kappa shape index (κ1) is 27.5. The molecule has 0 bridgehead atoms. The Hall–Kier alpha value is -0.700. The number of rotatable bonds is 5. The summed E-state index contributed by atoms with van der Waals surface area (Å²) in [6, 6.07) is 13.6. The molecule has 0 radical (unpaired) electrons. The monoisotopic (exact) mass is 559 g/mol. The van der Waals surface area contributed by atoms with E-state index >= 15 is 0 Å². The maximum Gasteiger partial charge on any atom is -1.00 e. The van der Waals surface area contributed by atoms with E-state index in [2.05, 4.69) is 89.0 Å². The van der Waals surface area contributed by atoms with Crippen molar-refractivity contribution in [1.29, 1.82) is 0 Å². The summed E-state index contributed by atoms with van der Waals surface area (Å²) < 4.78 is 7.89. The average Bonchev–Trinajstić information content (AvgIpc) is 3.23. The van der Waals surface area contributed by atoms with Crippen LogP contribution in [-0.2, 0) is 29.1 Å². The largest absolute Gasteiger partial charge is 1.00 e. The molecule has 2 aromatic carbocycles. The molecule has 0 heterocycles. The molecule has 0 spiro atoms. The van der Waals surface area contributed by atoms with E-state index in [1.807, 2.05) is 0 Å². The number of hydrogen-bond donors (Lipinski definition) is 0. The van der Waals surface area contributed by atoms with Crippen LogP contribution in [0, 0.1) is 10.4 Å². The zero-order valence-electron chi connectivity index (χ0n) is 19.8. The van der Waals surface area contributed by atoms with Crippen molar-refractivity contribution in [3.8, 4) is 0 Å². The van der Waals surface area contributed by atoms with Crippen LogP contribution in [0.2, 0.25) is 19.6 Å². The van der Waals surface area contributed by atoms with Gasteiger partial charge in [0.15, 0.2) is 0 Å². The van der Waals surface area contributed by atoms with Crippen LogP contribution < -0.4 is 35.3 Å². The number of halogens is 2. The molecule has 1 unspecified atom stereocenters. The first-order valence-corrected chi connectivity index (χ1v) is 15.5. The molecule has 0 N–H and O–H groups in total. The molecule has 5 heteroatoms. The van der Waals surface area contributed by atoms with Crippen molar-refractivity contribution in [2.75, 3.05) is 0 Å². The van der Waals surface area contributed by atoms with Gasteiger partial charge in [0.1, 0.15) is 0 Å². The van der Waals surface area contributed by atoms with Gasteiger partial charge < -0.3 is 24.8 Å². The van der Waals surface area contributed by atoms with Gasteiger partial charge in [-0.3, -0.25) is 0 Å². The van der Waals surface area contributed by atoms with E-state index in [4.69, 9.17) is 4.43 Å². The minimum absolute atomic E-state index is 0. The Labute approximate surface area is 220 Å². The quantitative estimate of drug-likeness (QED) is 0.449. The minimum atomic E-state index is -1.54. The number of benzene rings is 2. The smallest absolute Gasteiger partial charge is 1.00 e. The third kappa shape index (κ3) is 5.34. The van der Waals surface area contributed by atoms with Crippen molar-refractivity contribution in [2.45, 2.75) is 59.4 Å². The SMILES string of the molecule is CC(C)=c1ccc2c(c1C1=C(CC(C)O[Si](C)(C)C)C=CC1)[C]([Zr+2])=c1ccccc1=2.[Cl-].[Cl-]. The predicted molar refractivity (Wildman–Crippen MR) is 126 cm³/mol. The van der Waals surface area contributed by atoms with Gasteiger partial charge in [-0.2, -0.15) is 0 Å². The van der Waals surface area contributed by atoms with Crippen molar-refractivity contribution in [1.82, 2.24) is 0 Å². The van der Waals surface area contributed by atoms with Crippen LogP contribution in [0.25, 0.3) is 14.4 Å². The van der Waals surface area contributed by atoms with Gasteiger partial charge in [-0.15, -0.1) is 0 Å². The van der Waals surface area contributed by atoms with E-state index in [-0.39, 0.29) is 30.9 Å². The fraction of sp³-hybridized carbons (Fsp3) is 0.333. The summed E-state index contributed by atoms with van der Waals surface area (Å²) in [4.78, 5) is 0. The fourth-order valence-electron chi connectivity index (χ4n) is 4.85. The Kier molecular flexibility index (Phi) is 9.21. The van der Waals surface area contributed by atoms with E-state index in [1.54, 1.807) is 0 Å². The molecular formula is C27H31Cl2OSiZr. The van der Waals surface area contributed by atoms with Gasteiger partial charge in [0, 0.05) is 0 Å². The van der Waals surface area contributed by atoms with Gasteiger partial charge in [-0.1, -0.05) is 0 Å². The Morgan fingerprint density at radius 1 is 0.969 bits per heavy atom. The third-order valence-electron chi connectivity index (χ3n) is 5.87. The van der Waals surface area contributed by atoms with E-state index in [9.17, 15) is 0 Å². The molecule has 2 aromatic rings. The molecule has 2 aliphatic carbocycles. The Balaban J connectivity index is 0.00000181. The molecule has 167 valence electrons. The van der Waals surface area contributed by atoms with Gasteiger partial charge in [-0.25, -0.2) is 0 Å². The first-order valence-electron chi connectivity index (χ1n) is 10.9. The standard InChI is InChI=1S/C27H31OSi.2ClH.Zr/c1-18(2)22-14-15-25-23-12-8-7-10-21(23)17-26(25)27(22)24-13-9-11-20(24)16-19(3)28-29(4,5)6;;;/h7-12,14-15,19H,13,16H2,1-6H3;2*1H;/q;;;+2/p-2. The normalized spacial score (nSPS) is 15.2. The second kappa shape index (κ2) is 10.7. The molecule has 0 aliphatic heterocycles. The summed E-state index contributed by atoms with van der Waals surface area (Å²) in [7, 11) is -1.54. The number of fused-ring (bicyclic) bond motifs is 2. The Bertz CT molecular complexity index is 1300. The molecule has 32 heavy (non-hydrogen) atoms. The molecule has 4 rings (SSSR count). The van der Waals surface area contributed by atoms with E-state index < -0.39 is 8.32 Å². The van der Waals surface area contributed by atoms with Gasteiger partial charge in [0.2, 0.25) is 0 Å². The van der Waals surface area contributed by atoms with Crippen LogP contribution in [0.4, 0.5) is 0 Å². The van der Waals surface area contributed by atoms with Crippen LogP contribution in [0.3, 0.4) is 0 Å². The fourth-order valence-corrected chi connectivity index (χ4v) is 7.31. The summed E-state index contributed by atoms with van der Waals surface area (Å²) >= 11 is 1.49. The second-order valence-electron chi connectivity index (χ2n) is 9.69. The van der Waals surface area contributed by atoms with E-state index in [0.717, 1.165) is 12.8 Å². The zero-order valence-corrected chi connectivity index (χ0v) is 24.7. The maximum atomic E-state index is 6.39. The van der Waals surface area contributed by atoms with Gasteiger partial charge in [0.25, 0.3) is 0 Å². The Morgan fingerprint density at radius 3 is 2.25 bits per heavy atom. The minimum Gasteiger partial charge on any atom is -1.00 e. The molecule has 0 saturated heterocycles. The summed E-state index contributed by atoms with van der Waals surface area (Å²) in [5.41, 5.74) is 7.29. The molecule has 1 atom stereocenters. The van der Waals surface area contributed by atoms with Gasteiger partial charge >= 0.3 is 197 Å². The van der Waals surface area contributed by atoms with Crippen LogP contribution in [0.5, 0.6) is 0 Å². The topological polar surface area (TPSA) is 9.23 Å². The molecule has 2 aliphatic rings. The molecule has 0 fully saturated rings. The molecule has 0 saturated carbocycles. The van der Waals surface area contributed by atoms with Crippen molar-refractivity contribution in [2.24, 2.45) is 0 Å². The van der Waals surface area contributed by atoms with Gasteiger partial charge in [-0.05, 0) is 0 Å². The summed E-state index contributed by atoms with van der Waals surface area (Å²) in [5.74, 6) is 0. The zero-order chi connectivity index (χ0) is 21.6. The maximum absolute atomic E-state index is 6.39. The third-order valence-corrected chi connectivity index (χ3v) is 8.26. The number of allylic oxidation sites excluding steroid dienone is 3. The van der Waals surface area contributed by atoms with Crippen LogP contribution in [-0.4, -0.2) is 14.4 Å². The van der Waals surface area contributed by atoms with Crippen LogP contribution in [0.1, 0.15) is 44.7 Å². The van der Waals surface area contributed by atoms with Crippen molar-refractivity contribution < 1.29 is 54.0 Å². The molecule has 1 nitrogen and oxygen atoms in total. The summed E-state index contributed by atoms with van der Waals surface area (Å²) in [6.45, 7) is 13.6. The molecule has 0 aromatic heterocycles. The van der Waals surface area contributed by atoms with E-state index in [1.165, 1.54) is 76.7 Å². The van der Waals surface area contributed by atoms with Crippen molar-refractivity contribution in [3.05, 3.63) is 86.1 Å². The summed E-state index contributed by atoms with van der Waals surface area (Å²) in [6.07, 6.45) is 6.94. The molecular weight excluding hydrogens is 531 g/mol. The van der Waals surface area contributed by atoms with Crippen molar-refractivity contribution in [3.63, 3.8) is 0 Å². The average molecular weight is 562 g/mol. The van der Waals surface area contributed by atoms with Gasteiger partial charge in [0.05, 0.1) is 0 Å². The predicted octanol–water partition coefficient (Wildman–Crippen LogP) is -0.468. The number of hydrogen-bond acceptors (Lipinski definition) is 1.